The summed E-state index contributed by atoms with van der Waals surface area (Å²) in [5, 5.41) is 0. The third-order valence-electron chi connectivity index (χ3n) is 3.26. The summed E-state index contributed by atoms with van der Waals surface area (Å²) in [6, 6.07) is 7.56. The van der Waals surface area contributed by atoms with Gasteiger partial charge in [0.05, 0.1) is 13.7 Å². The topological polar surface area (TPSA) is 48.1 Å². The van der Waals surface area contributed by atoms with Crippen molar-refractivity contribution in [3.63, 3.8) is 0 Å². The number of hydrogen-bond donors (Lipinski definition) is 0. The fourth-order valence-corrected chi connectivity index (χ4v) is 2.11. The van der Waals surface area contributed by atoms with E-state index in [1.807, 2.05) is 31.2 Å². The van der Waals surface area contributed by atoms with E-state index in [4.69, 9.17) is 14.2 Å². The van der Waals surface area contributed by atoms with Crippen molar-refractivity contribution in [2.45, 2.75) is 32.0 Å². The second-order valence-corrected chi connectivity index (χ2v) is 4.23. The van der Waals surface area contributed by atoms with E-state index in [2.05, 4.69) is 0 Å². The number of esters is 1. The van der Waals surface area contributed by atoms with Crippen LogP contribution in [0, 0.1) is 0 Å². The fraction of sp³-hybridized carbons (Fsp3) is 0.500. The zero-order valence-corrected chi connectivity index (χ0v) is 10.9. The van der Waals surface area contributed by atoms with Crippen molar-refractivity contribution >= 4 is 5.97 Å². The maximum absolute atomic E-state index is 11.9. The van der Waals surface area contributed by atoms with Gasteiger partial charge in [-0.3, -0.25) is 0 Å². The van der Waals surface area contributed by atoms with E-state index in [-0.39, 0.29) is 12.1 Å². The van der Waals surface area contributed by atoms with E-state index >= 15 is 0 Å². The number of rotatable bonds is 5. The largest absolute Gasteiger partial charge is 0.497 e. The molecule has 2 atom stereocenters. The predicted octanol–water partition coefficient (Wildman–Crippen LogP) is 2.48. The number of benzene rings is 1. The van der Waals surface area contributed by atoms with E-state index in [0.29, 0.717) is 13.0 Å². The molecule has 1 heterocycles. The molecule has 1 aliphatic rings. The minimum atomic E-state index is -0.787. The van der Waals surface area contributed by atoms with Crippen LogP contribution in [0.15, 0.2) is 24.3 Å². The summed E-state index contributed by atoms with van der Waals surface area (Å²) in [7, 11) is 1.62. The van der Waals surface area contributed by atoms with Crippen LogP contribution in [-0.2, 0) is 14.3 Å². The molecule has 0 amide bonds. The molecule has 0 radical (unpaired) electrons. The molecule has 0 aliphatic carbocycles. The van der Waals surface area contributed by atoms with Crippen LogP contribution < -0.4 is 4.74 Å². The Hall–Kier alpha value is -1.55. The molecule has 98 valence electrons. The van der Waals surface area contributed by atoms with Gasteiger partial charge in [-0.25, -0.2) is 4.79 Å². The minimum absolute atomic E-state index is 0.201. The molecule has 1 fully saturated rings. The SMILES string of the molecule is CCOC(=O)[C@@]1(CC)O[C@@H]1c1ccc(OC)cc1. The first kappa shape index (κ1) is 12.9. The number of hydrogen-bond acceptors (Lipinski definition) is 4. The third-order valence-corrected chi connectivity index (χ3v) is 3.26. The lowest BCUT2D eigenvalue weighted by Crippen LogP contribution is -2.27. The molecule has 2 rings (SSSR count). The van der Waals surface area contributed by atoms with Crippen molar-refractivity contribution in [1.29, 1.82) is 0 Å². The maximum atomic E-state index is 11.9. The van der Waals surface area contributed by atoms with Gasteiger partial charge in [0.2, 0.25) is 0 Å². The highest BCUT2D eigenvalue weighted by molar-refractivity contribution is 5.83. The van der Waals surface area contributed by atoms with Gasteiger partial charge in [0.25, 0.3) is 0 Å². The lowest BCUT2D eigenvalue weighted by molar-refractivity contribution is -0.149. The summed E-state index contributed by atoms with van der Waals surface area (Å²) in [6.07, 6.45) is 0.412. The van der Waals surface area contributed by atoms with Gasteiger partial charge in [-0.1, -0.05) is 19.1 Å². The molecule has 1 aromatic carbocycles. The Kier molecular flexibility index (Phi) is 3.57. The second-order valence-electron chi connectivity index (χ2n) is 4.23. The molecule has 1 aliphatic heterocycles. The highest BCUT2D eigenvalue weighted by atomic mass is 16.7. The van der Waals surface area contributed by atoms with E-state index in [1.54, 1.807) is 14.0 Å². The maximum Gasteiger partial charge on any atom is 0.341 e. The Bertz CT molecular complexity index is 426. The first-order valence-electron chi connectivity index (χ1n) is 6.17. The molecule has 0 aromatic heterocycles. The van der Waals surface area contributed by atoms with Crippen molar-refractivity contribution in [3.05, 3.63) is 29.8 Å². The van der Waals surface area contributed by atoms with E-state index < -0.39 is 5.60 Å². The Labute approximate surface area is 107 Å². The Morgan fingerprint density at radius 2 is 2.00 bits per heavy atom. The van der Waals surface area contributed by atoms with Crippen LogP contribution in [0.25, 0.3) is 0 Å². The van der Waals surface area contributed by atoms with Crippen LogP contribution in [0.3, 0.4) is 0 Å². The highest BCUT2D eigenvalue weighted by Crippen LogP contribution is 2.52. The van der Waals surface area contributed by atoms with Gasteiger partial charge in [-0.2, -0.15) is 0 Å². The molecule has 4 heteroatoms. The molecule has 0 unspecified atom stereocenters. The number of methoxy groups -OCH3 is 1. The van der Waals surface area contributed by atoms with Gasteiger partial charge in [0, 0.05) is 0 Å². The molecule has 18 heavy (non-hydrogen) atoms. The molecule has 0 N–H and O–H groups in total. The summed E-state index contributed by atoms with van der Waals surface area (Å²) in [5.41, 5.74) is 0.190. The van der Waals surface area contributed by atoms with E-state index in [0.717, 1.165) is 11.3 Å². The van der Waals surface area contributed by atoms with Gasteiger partial charge in [0.15, 0.2) is 5.60 Å². The Morgan fingerprint density at radius 1 is 1.33 bits per heavy atom. The van der Waals surface area contributed by atoms with Gasteiger partial charge in [-0.15, -0.1) is 0 Å². The van der Waals surface area contributed by atoms with Crippen molar-refractivity contribution in [3.8, 4) is 5.75 Å². The normalized spacial score (nSPS) is 25.6. The summed E-state index contributed by atoms with van der Waals surface area (Å²) in [6.45, 7) is 4.10. The van der Waals surface area contributed by atoms with Crippen LogP contribution >= 0.6 is 0 Å². The van der Waals surface area contributed by atoms with Crippen LogP contribution in [0.4, 0.5) is 0 Å². The number of ether oxygens (including phenoxy) is 3. The molecular weight excluding hydrogens is 232 g/mol. The molecule has 0 saturated carbocycles. The van der Waals surface area contributed by atoms with Crippen LogP contribution in [0.1, 0.15) is 31.9 Å². The zero-order valence-electron chi connectivity index (χ0n) is 10.9. The van der Waals surface area contributed by atoms with E-state index in [1.165, 1.54) is 0 Å². The van der Waals surface area contributed by atoms with Gasteiger partial charge >= 0.3 is 5.97 Å². The lowest BCUT2D eigenvalue weighted by atomic mass is 9.97. The highest BCUT2D eigenvalue weighted by Gasteiger charge is 2.63. The molecule has 4 nitrogen and oxygen atoms in total. The molecule has 1 aromatic rings. The lowest BCUT2D eigenvalue weighted by Gasteiger charge is -2.09. The van der Waals surface area contributed by atoms with Crippen LogP contribution in [0.5, 0.6) is 5.75 Å². The number of carbonyl (C=O) groups is 1. The zero-order chi connectivity index (χ0) is 13.2. The van der Waals surface area contributed by atoms with Crippen molar-refractivity contribution in [2.75, 3.05) is 13.7 Å². The van der Waals surface area contributed by atoms with Gasteiger partial charge in [-0.05, 0) is 31.0 Å². The predicted molar refractivity (Wildman–Crippen MR) is 66.5 cm³/mol. The van der Waals surface area contributed by atoms with Crippen LogP contribution in [-0.4, -0.2) is 25.3 Å². The molecule has 1 saturated heterocycles. The van der Waals surface area contributed by atoms with Gasteiger partial charge < -0.3 is 14.2 Å². The first-order valence-corrected chi connectivity index (χ1v) is 6.17. The number of epoxide rings is 1. The summed E-state index contributed by atoms with van der Waals surface area (Å²) >= 11 is 0. The number of carbonyl (C=O) groups excluding carboxylic acids is 1. The van der Waals surface area contributed by atoms with Crippen molar-refractivity contribution in [2.24, 2.45) is 0 Å². The fourth-order valence-electron chi connectivity index (χ4n) is 2.11. The van der Waals surface area contributed by atoms with Gasteiger partial charge in [0.1, 0.15) is 11.9 Å². The third kappa shape index (κ3) is 2.08. The summed E-state index contributed by atoms with van der Waals surface area (Å²) in [5.74, 6) is 0.519. The monoisotopic (exact) mass is 250 g/mol. The quantitative estimate of drug-likeness (QED) is 0.595. The molecular formula is C14H18O4. The summed E-state index contributed by atoms with van der Waals surface area (Å²) < 4.78 is 15.8. The first-order chi connectivity index (χ1) is 8.67. The minimum Gasteiger partial charge on any atom is -0.497 e. The second kappa shape index (κ2) is 4.98. The average molecular weight is 250 g/mol. The van der Waals surface area contributed by atoms with Crippen LogP contribution in [0.2, 0.25) is 0 Å². The molecule has 0 spiro atoms. The average Bonchev–Trinajstić information content (AvgIpc) is 3.15. The Balaban J connectivity index is 2.13. The Morgan fingerprint density at radius 3 is 2.50 bits per heavy atom. The van der Waals surface area contributed by atoms with Crippen molar-refractivity contribution < 1.29 is 19.0 Å². The van der Waals surface area contributed by atoms with E-state index in [9.17, 15) is 4.79 Å². The summed E-state index contributed by atoms with van der Waals surface area (Å²) in [4.78, 5) is 11.9. The smallest absolute Gasteiger partial charge is 0.341 e. The standard InChI is InChI=1S/C14H18O4/c1-4-14(13(15)17-5-2)12(18-14)10-6-8-11(16-3)9-7-10/h6-9,12H,4-5H2,1-3H3/t12-,14+/m1/s1. The van der Waals surface area contributed by atoms with Crippen molar-refractivity contribution in [1.82, 2.24) is 0 Å². The molecule has 0 bridgehead atoms.